The lowest BCUT2D eigenvalue weighted by molar-refractivity contribution is 0.446. The van der Waals surface area contributed by atoms with Crippen LogP contribution in [-0.2, 0) is 5.41 Å². The molecule has 1 aromatic heterocycles. The van der Waals surface area contributed by atoms with Crippen LogP contribution in [0.1, 0.15) is 26.6 Å². The summed E-state index contributed by atoms with van der Waals surface area (Å²) in [5.41, 5.74) is -0.218. The molecule has 0 aliphatic heterocycles. The zero-order valence-corrected chi connectivity index (χ0v) is 14.3. The number of halogens is 3. The highest BCUT2D eigenvalue weighted by Gasteiger charge is 2.19. The van der Waals surface area contributed by atoms with E-state index in [9.17, 15) is 0 Å². The van der Waals surface area contributed by atoms with Crippen LogP contribution in [0.5, 0.6) is 11.6 Å². The average molecular weight is 376 g/mol. The Labute approximate surface area is 136 Å². The molecule has 20 heavy (non-hydrogen) atoms. The predicted molar refractivity (Wildman–Crippen MR) is 85.0 cm³/mol. The highest BCUT2D eigenvalue weighted by atomic mass is 79.9. The highest BCUT2D eigenvalue weighted by molar-refractivity contribution is 9.10. The van der Waals surface area contributed by atoms with Gasteiger partial charge in [-0.05, 0) is 18.2 Å². The zero-order valence-electron chi connectivity index (χ0n) is 11.2. The Hall–Kier alpha value is -0.840. The second-order valence-corrected chi connectivity index (χ2v) is 6.99. The lowest BCUT2D eigenvalue weighted by atomic mass is 9.96. The van der Waals surface area contributed by atoms with Crippen LogP contribution in [0.3, 0.4) is 0 Å². The van der Waals surface area contributed by atoms with Gasteiger partial charge < -0.3 is 4.74 Å². The minimum absolute atomic E-state index is 0.218. The van der Waals surface area contributed by atoms with Gasteiger partial charge in [0.1, 0.15) is 16.7 Å². The number of nitrogens with zero attached hydrogens (tertiary/aromatic N) is 2. The van der Waals surface area contributed by atoms with E-state index in [-0.39, 0.29) is 5.41 Å². The maximum absolute atomic E-state index is 6.09. The summed E-state index contributed by atoms with van der Waals surface area (Å²) in [6, 6.07) is 6.92. The molecule has 0 fully saturated rings. The van der Waals surface area contributed by atoms with Gasteiger partial charge >= 0.3 is 0 Å². The molecular formula is C14H13BrCl2N2O. The third-order valence-corrected chi connectivity index (χ3v) is 3.45. The Morgan fingerprint density at radius 2 is 1.80 bits per heavy atom. The molecule has 6 heteroatoms. The first-order chi connectivity index (χ1) is 9.25. The molecule has 2 aromatic rings. The van der Waals surface area contributed by atoms with Crippen LogP contribution in [0.15, 0.2) is 28.7 Å². The van der Waals surface area contributed by atoms with Crippen LogP contribution in [0.4, 0.5) is 0 Å². The quantitative estimate of drug-likeness (QED) is 0.637. The van der Waals surface area contributed by atoms with Gasteiger partial charge in [0, 0.05) is 16.0 Å². The van der Waals surface area contributed by atoms with Gasteiger partial charge in [0.05, 0.1) is 5.02 Å². The fourth-order valence-electron chi connectivity index (χ4n) is 1.45. The van der Waals surface area contributed by atoms with Crippen LogP contribution in [0.25, 0.3) is 0 Å². The standard InChI is InChI=1S/C14H13BrCl2N2O/c1-14(2,3)13-18-11(17)7-12(19-13)20-10-6-8(15)4-5-9(10)16/h4-7H,1-3H3. The minimum atomic E-state index is -0.218. The summed E-state index contributed by atoms with van der Waals surface area (Å²) in [6.45, 7) is 6.03. The van der Waals surface area contributed by atoms with Crippen LogP contribution < -0.4 is 4.74 Å². The molecule has 0 amide bonds. The minimum Gasteiger partial charge on any atom is -0.437 e. The molecular weight excluding hydrogens is 363 g/mol. The summed E-state index contributed by atoms with van der Waals surface area (Å²) in [5, 5.41) is 0.839. The molecule has 0 N–H and O–H groups in total. The van der Waals surface area contributed by atoms with Crippen molar-refractivity contribution in [2.24, 2.45) is 0 Å². The molecule has 0 radical (unpaired) electrons. The van der Waals surface area contributed by atoms with Gasteiger partial charge in [-0.15, -0.1) is 0 Å². The highest BCUT2D eigenvalue weighted by Crippen LogP contribution is 2.32. The monoisotopic (exact) mass is 374 g/mol. The summed E-state index contributed by atoms with van der Waals surface area (Å²) in [5.74, 6) is 1.50. The lowest BCUT2D eigenvalue weighted by Gasteiger charge is -2.17. The first-order valence-electron chi connectivity index (χ1n) is 5.94. The van der Waals surface area contributed by atoms with Crippen molar-refractivity contribution in [1.82, 2.24) is 9.97 Å². The van der Waals surface area contributed by atoms with Gasteiger partial charge in [-0.3, -0.25) is 0 Å². The second-order valence-electron chi connectivity index (χ2n) is 5.28. The van der Waals surface area contributed by atoms with Crippen LogP contribution >= 0.6 is 39.1 Å². The number of hydrogen-bond acceptors (Lipinski definition) is 3. The molecule has 1 heterocycles. The van der Waals surface area contributed by atoms with E-state index in [1.807, 2.05) is 26.8 Å². The molecule has 0 aliphatic carbocycles. The number of benzene rings is 1. The van der Waals surface area contributed by atoms with E-state index in [0.717, 1.165) is 4.47 Å². The van der Waals surface area contributed by atoms with Crippen molar-refractivity contribution < 1.29 is 4.74 Å². The third-order valence-electron chi connectivity index (χ3n) is 2.45. The normalized spacial score (nSPS) is 11.5. The summed E-state index contributed by atoms with van der Waals surface area (Å²) >= 11 is 15.5. The van der Waals surface area contributed by atoms with Crippen molar-refractivity contribution in [2.75, 3.05) is 0 Å². The summed E-state index contributed by atoms with van der Waals surface area (Å²) in [4.78, 5) is 8.60. The van der Waals surface area contributed by atoms with Crippen molar-refractivity contribution >= 4 is 39.1 Å². The molecule has 0 saturated heterocycles. The topological polar surface area (TPSA) is 35.0 Å². The van der Waals surface area contributed by atoms with Gasteiger partial charge in [0.15, 0.2) is 0 Å². The van der Waals surface area contributed by atoms with E-state index in [0.29, 0.717) is 27.6 Å². The maximum atomic E-state index is 6.09. The van der Waals surface area contributed by atoms with E-state index >= 15 is 0 Å². The number of rotatable bonds is 2. The average Bonchev–Trinajstić information content (AvgIpc) is 2.32. The van der Waals surface area contributed by atoms with E-state index in [2.05, 4.69) is 25.9 Å². The Morgan fingerprint density at radius 3 is 2.45 bits per heavy atom. The lowest BCUT2D eigenvalue weighted by Crippen LogP contribution is -2.16. The molecule has 106 valence electrons. The fourth-order valence-corrected chi connectivity index (χ4v) is 2.12. The van der Waals surface area contributed by atoms with Gasteiger partial charge in [-0.1, -0.05) is 59.9 Å². The van der Waals surface area contributed by atoms with Gasteiger partial charge in [0.2, 0.25) is 5.88 Å². The van der Waals surface area contributed by atoms with E-state index in [4.69, 9.17) is 27.9 Å². The molecule has 3 nitrogen and oxygen atoms in total. The smallest absolute Gasteiger partial charge is 0.224 e. The zero-order chi connectivity index (χ0) is 14.9. The van der Waals surface area contributed by atoms with E-state index in [1.54, 1.807) is 18.2 Å². The molecule has 0 aliphatic rings. The molecule has 0 unspecified atom stereocenters. The number of hydrogen-bond donors (Lipinski definition) is 0. The van der Waals surface area contributed by atoms with Crippen molar-refractivity contribution in [1.29, 1.82) is 0 Å². The summed E-state index contributed by atoms with van der Waals surface area (Å²) < 4.78 is 6.58. The van der Waals surface area contributed by atoms with Crippen molar-refractivity contribution in [3.05, 3.63) is 44.7 Å². The predicted octanol–water partition coefficient (Wildman–Crippen LogP) is 5.64. The van der Waals surface area contributed by atoms with E-state index < -0.39 is 0 Å². The van der Waals surface area contributed by atoms with Crippen molar-refractivity contribution in [2.45, 2.75) is 26.2 Å². The van der Waals surface area contributed by atoms with Gasteiger partial charge in [-0.2, -0.15) is 4.98 Å². The summed E-state index contributed by atoms with van der Waals surface area (Å²) in [6.07, 6.45) is 0. The Bertz CT molecular complexity index is 642. The summed E-state index contributed by atoms with van der Waals surface area (Å²) in [7, 11) is 0. The number of aromatic nitrogens is 2. The fraction of sp³-hybridized carbons (Fsp3) is 0.286. The molecule has 0 atom stereocenters. The SMILES string of the molecule is CC(C)(C)c1nc(Cl)cc(Oc2cc(Br)ccc2Cl)n1. The number of ether oxygens (including phenoxy) is 1. The molecule has 2 rings (SSSR count). The van der Waals surface area contributed by atoms with Gasteiger partial charge in [-0.25, -0.2) is 4.98 Å². The molecule has 0 saturated carbocycles. The molecule has 1 aromatic carbocycles. The Kier molecular flexibility index (Phi) is 4.57. The first kappa shape index (κ1) is 15.5. The van der Waals surface area contributed by atoms with Crippen LogP contribution in [0.2, 0.25) is 10.2 Å². The van der Waals surface area contributed by atoms with Gasteiger partial charge in [0.25, 0.3) is 0 Å². The Balaban J connectivity index is 2.39. The largest absolute Gasteiger partial charge is 0.437 e. The van der Waals surface area contributed by atoms with E-state index in [1.165, 1.54) is 0 Å². The second kappa shape index (κ2) is 5.88. The van der Waals surface area contributed by atoms with Crippen molar-refractivity contribution in [3.63, 3.8) is 0 Å². The van der Waals surface area contributed by atoms with Crippen LogP contribution in [-0.4, -0.2) is 9.97 Å². The first-order valence-corrected chi connectivity index (χ1v) is 7.48. The molecule has 0 bridgehead atoms. The Morgan fingerprint density at radius 1 is 1.10 bits per heavy atom. The third kappa shape index (κ3) is 3.84. The molecule has 0 spiro atoms. The van der Waals surface area contributed by atoms with Crippen molar-refractivity contribution in [3.8, 4) is 11.6 Å². The van der Waals surface area contributed by atoms with Crippen LogP contribution in [0, 0.1) is 0 Å². The maximum Gasteiger partial charge on any atom is 0.224 e.